The number of anilines is 1. The lowest BCUT2D eigenvalue weighted by atomic mass is 9.84. The minimum Gasteiger partial charge on any atom is -0.497 e. The third kappa shape index (κ3) is 3.54. The van der Waals surface area contributed by atoms with Gasteiger partial charge < -0.3 is 14.4 Å². The molecule has 0 radical (unpaired) electrons. The number of fused-ring (bicyclic) bond motifs is 1. The van der Waals surface area contributed by atoms with E-state index in [1.807, 2.05) is 78.9 Å². The average molecular weight is 401 g/mol. The topological polar surface area (TPSA) is 55.8 Å². The fourth-order valence-corrected chi connectivity index (χ4v) is 4.14. The Morgan fingerprint density at radius 3 is 2.23 bits per heavy atom. The van der Waals surface area contributed by atoms with E-state index in [1.54, 1.807) is 12.0 Å². The van der Waals surface area contributed by atoms with Crippen LogP contribution in [0, 0.1) is 0 Å². The van der Waals surface area contributed by atoms with Crippen LogP contribution in [0.25, 0.3) is 0 Å². The van der Waals surface area contributed by atoms with Gasteiger partial charge in [-0.25, -0.2) is 0 Å². The Morgan fingerprint density at radius 2 is 1.57 bits per heavy atom. The first-order valence-electron chi connectivity index (χ1n) is 9.80. The fraction of sp³-hybridized carbons (Fsp3) is 0.200. The van der Waals surface area contributed by atoms with E-state index >= 15 is 0 Å². The number of hydrogen-bond acceptors (Lipinski definition) is 4. The number of carbonyl (C=O) groups excluding carboxylic acids is 2. The normalized spacial score (nSPS) is 18.3. The molecule has 3 aromatic rings. The third-order valence-corrected chi connectivity index (χ3v) is 5.54. The monoisotopic (exact) mass is 401 g/mol. The predicted molar refractivity (Wildman–Crippen MR) is 115 cm³/mol. The molecule has 1 aliphatic heterocycles. The quantitative estimate of drug-likeness (QED) is 0.612. The molecule has 0 saturated carbocycles. The number of rotatable bonds is 4. The molecule has 0 bridgehead atoms. The average Bonchev–Trinajstić information content (AvgIpc) is 2.92. The molecule has 2 atom stereocenters. The van der Waals surface area contributed by atoms with Crippen molar-refractivity contribution in [1.29, 1.82) is 0 Å². The van der Waals surface area contributed by atoms with Crippen molar-refractivity contribution in [3.63, 3.8) is 0 Å². The first-order valence-corrected chi connectivity index (χ1v) is 9.80. The first kappa shape index (κ1) is 19.7. The van der Waals surface area contributed by atoms with Crippen molar-refractivity contribution in [2.75, 3.05) is 19.1 Å². The SMILES string of the molecule is COC(=O)C1c2ccccc2CC(=O)N(c2ccccc2)C1c1ccc(OC)cc1. The molecule has 152 valence electrons. The lowest BCUT2D eigenvalue weighted by Gasteiger charge is -2.35. The number of nitrogens with zero attached hydrogens (tertiary/aromatic N) is 1. The number of benzene rings is 3. The van der Waals surface area contributed by atoms with Crippen LogP contribution >= 0.6 is 0 Å². The number of para-hydroxylation sites is 1. The van der Waals surface area contributed by atoms with E-state index in [-0.39, 0.29) is 18.3 Å². The number of amides is 1. The molecule has 0 saturated heterocycles. The van der Waals surface area contributed by atoms with Gasteiger partial charge in [-0.15, -0.1) is 0 Å². The predicted octanol–water partition coefficient (Wildman–Crippen LogP) is 4.28. The molecule has 5 heteroatoms. The molecular formula is C25H23NO4. The van der Waals surface area contributed by atoms with Crippen LogP contribution in [0.5, 0.6) is 5.75 Å². The fourth-order valence-electron chi connectivity index (χ4n) is 4.14. The number of ether oxygens (including phenoxy) is 2. The zero-order valence-electron chi connectivity index (χ0n) is 16.9. The molecular weight excluding hydrogens is 378 g/mol. The van der Waals surface area contributed by atoms with E-state index in [2.05, 4.69) is 0 Å². The summed E-state index contributed by atoms with van der Waals surface area (Å²) >= 11 is 0. The van der Waals surface area contributed by atoms with Crippen LogP contribution in [0.2, 0.25) is 0 Å². The lowest BCUT2D eigenvalue weighted by Crippen LogP contribution is -2.39. The Kier molecular flexibility index (Phi) is 5.53. The largest absolute Gasteiger partial charge is 0.497 e. The van der Waals surface area contributed by atoms with Gasteiger partial charge in [0.15, 0.2) is 0 Å². The second-order valence-corrected chi connectivity index (χ2v) is 7.19. The molecule has 1 heterocycles. The summed E-state index contributed by atoms with van der Waals surface area (Å²) in [6.07, 6.45) is 0.214. The highest BCUT2D eigenvalue weighted by molar-refractivity contribution is 5.98. The molecule has 2 unspecified atom stereocenters. The Bertz CT molecular complexity index is 1050. The number of methoxy groups -OCH3 is 2. The second-order valence-electron chi connectivity index (χ2n) is 7.19. The smallest absolute Gasteiger partial charge is 0.315 e. The molecule has 3 aromatic carbocycles. The van der Waals surface area contributed by atoms with Crippen LogP contribution in [0.15, 0.2) is 78.9 Å². The minimum atomic E-state index is -0.661. The molecule has 0 aromatic heterocycles. The van der Waals surface area contributed by atoms with E-state index in [0.29, 0.717) is 5.75 Å². The van der Waals surface area contributed by atoms with E-state index < -0.39 is 12.0 Å². The van der Waals surface area contributed by atoms with Gasteiger partial charge in [-0.3, -0.25) is 9.59 Å². The van der Waals surface area contributed by atoms with Gasteiger partial charge in [-0.2, -0.15) is 0 Å². The summed E-state index contributed by atoms with van der Waals surface area (Å²) in [5.41, 5.74) is 3.23. The minimum absolute atomic E-state index is 0.0686. The standard InChI is InChI=1S/C25H23NO4/c1-29-20-14-12-17(13-15-20)24-23(25(28)30-2)21-11-7-6-8-18(21)16-22(27)26(24)19-9-4-3-5-10-19/h3-15,23-24H,16H2,1-2H3. The number of carbonyl (C=O) groups is 2. The summed E-state index contributed by atoms with van der Waals surface area (Å²) in [5, 5.41) is 0. The van der Waals surface area contributed by atoms with Gasteiger partial charge in [0.05, 0.1) is 26.7 Å². The van der Waals surface area contributed by atoms with E-state index in [9.17, 15) is 9.59 Å². The Morgan fingerprint density at radius 1 is 0.900 bits per heavy atom. The van der Waals surface area contributed by atoms with Gasteiger partial charge in [0.2, 0.25) is 5.91 Å². The van der Waals surface area contributed by atoms with Gasteiger partial charge in [-0.05, 0) is 41.0 Å². The summed E-state index contributed by atoms with van der Waals surface area (Å²) in [6, 6.07) is 24.0. The molecule has 1 aliphatic rings. The number of esters is 1. The zero-order valence-corrected chi connectivity index (χ0v) is 16.9. The van der Waals surface area contributed by atoms with Crippen molar-refractivity contribution in [1.82, 2.24) is 0 Å². The van der Waals surface area contributed by atoms with Crippen LogP contribution in [0.4, 0.5) is 5.69 Å². The van der Waals surface area contributed by atoms with Crippen LogP contribution < -0.4 is 9.64 Å². The van der Waals surface area contributed by atoms with Gasteiger partial charge in [-0.1, -0.05) is 54.6 Å². The van der Waals surface area contributed by atoms with Crippen molar-refractivity contribution < 1.29 is 19.1 Å². The molecule has 1 amide bonds. The summed E-state index contributed by atoms with van der Waals surface area (Å²) in [6.45, 7) is 0. The summed E-state index contributed by atoms with van der Waals surface area (Å²) in [4.78, 5) is 28.3. The summed E-state index contributed by atoms with van der Waals surface area (Å²) < 4.78 is 10.5. The maximum Gasteiger partial charge on any atom is 0.315 e. The van der Waals surface area contributed by atoms with E-state index in [0.717, 1.165) is 22.4 Å². The van der Waals surface area contributed by atoms with Crippen LogP contribution in [-0.4, -0.2) is 26.1 Å². The Hall–Kier alpha value is -3.60. The maximum atomic E-state index is 13.5. The molecule has 0 spiro atoms. The first-order chi connectivity index (χ1) is 14.6. The van der Waals surface area contributed by atoms with E-state index in [4.69, 9.17) is 9.47 Å². The van der Waals surface area contributed by atoms with Gasteiger partial charge >= 0.3 is 5.97 Å². The highest BCUT2D eigenvalue weighted by atomic mass is 16.5. The third-order valence-electron chi connectivity index (χ3n) is 5.54. The van der Waals surface area contributed by atoms with Crippen molar-refractivity contribution in [3.05, 3.63) is 95.6 Å². The highest BCUT2D eigenvalue weighted by Crippen LogP contribution is 2.43. The number of hydrogen-bond donors (Lipinski definition) is 0. The van der Waals surface area contributed by atoms with Crippen molar-refractivity contribution in [2.24, 2.45) is 0 Å². The molecule has 30 heavy (non-hydrogen) atoms. The summed E-state index contributed by atoms with van der Waals surface area (Å²) in [7, 11) is 2.99. The highest BCUT2D eigenvalue weighted by Gasteiger charge is 2.42. The molecule has 0 aliphatic carbocycles. The molecule has 0 N–H and O–H groups in total. The second kappa shape index (κ2) is 8.41. The molecule has 4 rings (SSSR count). The lowest BCUT2D eigenvalue weighted by molar-refractivity contribution is -0.143. The van der Waals surface area contributed by atoms with Crippen molar-refractivity contribution in [3.8, 4) is 5.75 Å². The van der Waals surface area contributed by atoms with Crippen molar-refractivity contribution in [2.45, 2.75) is 18.4 Å². The maximum absolute atomic E-state index is 13.5. The Balaban J connectivity index is 1.96. The van der Waals surface area contributed by atoms with Crippen LogP contribution in [-0.2, 0) is 20.7 Å². The van der Waals surface area contributed by atoms with E-state index in [1.165, 1.54) is 7.11 Å². The Labute approximate surface area is 175 Å². The van der Waals surface area contributed by atoms with Crippen molar-refractivity contribution >= 4 is 17.6 Å². The van der Waals surface area contributed by atoms with Crippen LogP contribution in [0.1, 0.15) is 28.7 Å². The van der Waals surface area contributed by atoms with Gasteiger partial charge in [0.25, 0.3) is 0 Å². The van der Waals surface area contributed by atoms with Gasteiger partial charge in [0, 0.05) is 5.69 Å². The molecule has 0 fully saturated rings. The van der Waals surface area contributed by atoms with Crippen LogP contribution in [0.3, 0.4) is 0 Å². The van der Waals surface area contributed by atoms with Gasteiger partial charge in [0.1, 0.15) is 11.7 Å². The molecule has 5 nitrogen and oxygen atoms in total. The summed E-state index contributed by atoms with van der Waals surface area (Å²) in [5.74, 6) is -0.397. The zero-order chi connectivity index (χ0) is 21.1.